The van der Waals surface area contributed by atoms with Crippen LogP contribution in [0.4, 0.5) is 26.3 Å². The second kappa shape index (κ2) is 6.98. The van der Waals surface area contributed by atoms with Gasteiger partial charge in [0.1, 0.15) is 17.1 Å². The molecular weight excluding hydrogens is 397 g/mol. The molecule has 0 aliphatic heterocycles. The van der Waals surface area contributed by atoms with Crippen molar-refractivity contribution in [3.05, 3.63) is 29.3 Å². The fraction of sp³-hybridized carbons (Fsp3) is 0.417. The van der Waals surface area contributed by atoms with Gasteiger partial charge in [0.05, 0.1) is 7.85 Å². The number of rotatable bonds is 5. The zero-order valence-corrected chi connectivity index (χ0v) is 13.2. The molecule has 0 aliphatic rings. The van der Waals surface area contributed by atoms with Gasteiger partial charge < -0.3 is 9.84 Å². The zero-order chi connectivity index (χ0) is 20.6. The van der Waals surface area contributed by atoms with Crippen LogP contribution < -0.4 is 0 Å². The molecule has 0 aromatic heterocycles. The summed E-state index contributed by atoms with van der Waals surface area (Å²) in [4.78, 5) is 11.8. The lowest BCUT2D eigenvalue weighted by Gasteiger charge is -2.35. The first-order valence-electron chi connectivity index (χ1n) is 6.38. The Morgan fingerprint density at radius 2 is 1.62 bits per heavy atom. The van der Waals surface area contributed by atoms with Gasteiger partial charge in [-0.2, -0.15) is 34.8 Å². The molecule has 0 fully saturated rings. The molecule has 0 spiro atoms. The Morgan fingerprint density at radius 3 is 1.96 bits per heavy atom. The highest BCUT2D eigenvalue weighted by molar-refractivity contribution is 7.85. The number of hydrogen-bond donors (Lipinski definition) is 2. The van der Waals surface area contributed by atoms with Crippen LogP contribution in [-0.2, 0) is 21.2 Å². The van der Waals surface area contributed by atoms with Crippen LogP contribution in [0.2, 0.25) is 0 Å². The molecule has 0 amide bonds. The van der Waals surface area contributed by atoms with E-state index in [1.807, 2.05) is 0 Å². The van der Waals surface area contributed by atoms with E-state index in [0.29, 0.717) is 6.07 Å². The fourth-order valence-corrected chi connectivity index (χ4v) is 2.72. The van der Waals surface area contributed by atoms with Crippen LogP contribution in [0.3, 0.4) is 0 Å². The minimum absolute atomic E-state index is 0.166. The van der Waals surface area contributed by atoms with Crippen LogP contribution in [0.5, 0.6) is 5.75 Å². The first-order valence-corrected chi connectivity index (χ1v) is 7.99. The molecule has 0 saturated heterocycles. The number of carbonyl (C=O) groups excluding carboxylic acids is 1. The Bertz CT molecular complexity index is 774. The van der Waals surface area contributed by atoms with Crippen molar-refractivity contribution in [2.75, 3.05) is 5.75 Å². The fourth-order valence-electron chi connectivity index (χ4n) is 1.82. The summed E-state index contributed by atoms with van der Waals surface area (Å²) in [5, 5.41) is 9.54. The van der Waals surface area contributed by atoms with Crippen molar-refractivity contribution in [2.24, 2.45) is 0 Å². The average Bonchev–Trinajstić information content (AvgIpc) is 2.42. The maximum absolute atomic E-state index is 13.0. The number of alkyl halides is 6. The SMILES string of the molecule is [B]Cc1ccc(C(=O)OC(CS(=O)(=O)O)(C(F)(F)F)C(F)(F)F)c(O)c1. The van der Waals surface area contributed by atoms with Crippen molar-refractivity contribution in [1.29, 1.82) is 0 Å². The van der Waals surface area contributed by atoms with E-state index in [1.54, 1.807) is 0 Å². The predicted molar refractivity (Wildman–Crippen MR) is 74.2 cm³/mol. The molecule has 0 atom stereocenters. The first-order chi connectivity index (χ1) is 11.5. The molecule has 6 nitrogen and oxygen atoms in total. The molecule has 2 radical (unpaired) electrons. The second-order valence-electron chi connectivity index (χ2n) is 4.99. The summed E-state index contributed by atoms with van der Waals surface area (Å²) in [6.07, 6.45) is -13.1. The van der Waals surface area contributed by atoms with Gasteiger partial charge in [0, 0.05) is 0 Å². The average molecular weight is 406 g/mol. The quantitative estimate of drug-likeness (QED) is 0.336. The van der Waals surface area contributed by atoms with Gasteiger partial charge in [-0.15, -0.1) is 0 Å². The van der Waals surface area contributed by atoms with Gasteiger partial charge in [0.2, 0.25) is 0 Å². The van der Waals surface area contributed by atoms with E-state index in [2.05, 4.69) is 4.74 Å². The lowest BCUT2D eigenvalue weighted by molar-refractivity contribution is -0.356. The second-order valence-corrected chi connectivity index (χ2v) is 6.45. The summed E-state index contributed by atoms with van der Waals surface area (Å²) >= 11 is 0. The minimum Gasteiger partial charge on any atom is -0.507 e. The van der Waals surface area contributed by atoms with Crippen molar-refractivity contribution in [1.82, 2.24) is 0 Å². The minimum atomic E-state index is -6.45. The highest BCUT2D eigenvalue weighted by atomic mass is 32.2. The summed E-state index contributed by atoms with van der Waals surface area (Å²) in [6, 6.07) is 2.45. The molecule has 1 rings (SSSR count). The lowest BCUT2D eigenvalue weighted by Crippen LogP contribution is -2.63. The maximum Gasteiger partial charge on any atom is 0.438 e. The topological polar surface area (TPSA) is 101 Å². The van der Waals surface area contributed by atoms with Crippen LogP contribution in [-0.4, -0.2) is 55.6 Å². The standard InChI is InChI=1S/C12H9BF6O6S/c13-4-6-1-2-7(8(20)3-6)9(21)25-10(11(14,15)16,12(17,18)19)5-26(22,23)24/h1-3,20H,4-5H2,(H,22,23,24). The third kappa shape index (κ3) is 4.61. The first kappa shape index (κ1) is 22.1. The van der Waals surface area contributed by atoms with E-state index in [0.717, 1.165) is 12.1 Å². The summed E-state index contributed by atoms with van der Waals surface area (Å²) in [6.45, 7) is 0. The Balaban J connectivity index is 3.48. The Labute approximate surface area is 143 Å². The summed E-state index contributed by atoms with van der Waals surface area (Å²) < 4.78 is 112. The highest BCUT2D eigenvalue weighted by Gasteiger charge is 2.76. The van der Waals surface area contributed by atoms with Gasteiger partial charge in [-0.3, -0.25) is 4.55 Å². The molecule has 0 bridgehead atoms. The monoisotopic (exact) mass is 406 g/mol. The summed E-state index contributed by atoms with van der Waals surface area (Å²) in [5.41, 5.74) is -6.46. The van der Waals surface area contributed by atoms with Crippen LogP contribution in [0.15, 0.2) is 18.2 Å². The largest absolute Gasteiger partial charge is 0.507 e. The smallest absolute Gasteiger partial charge is 0.438 e. The van der Waals surface area contributed by atoms with Gasteiger partial charge in [-0.25, -0.2) is 4.79 Å². The molecule has 0 saturated carbocycles. The van der Waals surface area contributed by atoms with Crippen molar-refractivity contribution in [2.45, 2.75) is 24.3 Å². The van der Waals surface area contributed by atoms with E-state index >= 15 is 0 Å². The third-order valence-electron chi connectivity index (χ3n) is 3.09. The van der Waals surface area contributed by atoms with Crippen molar-refractivity contribution in [3.63, 3.8) is 0 Å². The van der Waals surface area contributed by atoms with Crippen molar-refractivity contribution < 1.29 is 54.0 Å². The molecule has 0 aliphatic carbocycles. The molecule has 1 aromatic carbocycles. The summed E-state index contributed by atoms with van der Waals surface area (Å²) in [5.74, 6) is -6.37. The number of benzene rings is 1. The molecule has 1 aromatic rings. The Morgan fingerprint density at radius 1 is 1.12 bits per heavy atom. The number of phenols is 1. The maximum atomic E-state index is 13.0. The van der Waals surface area contributed by atoms with Gasteiger partial charge in [0.25, 0.3) is 10.1 Å². The molecule has 0 unspecified atom stereocenters. The summed E-state index contributed by atoms with van der Waals surface area (Å²) in [7, 11) is -0.682. The van der Waals surface area contributed by atoms with E-state index < -0.39 is 51.1 Å². The molecule has 26 heavy (non-hydrogen) atoms. The number of hydrogen-bond acceptors (Lipinski definition) is 5. The molecule has 14 heteroatoms. The van der Waals surface area contributed by atoms with Crippen LogP contribution in [0.1, 0.15) is 15.9 Å². The van der Waals surface area contributed by atoms with Gasteiger partial charge in [-0.1, -0.05) is 17.9 Å². The van der Waals surface area contributed by atoms with Crippen molar-refractivity contribution >= 4 is 23.9 Å². The Hall–Kier alpha value is -1.96. The van der Waals surface area contributed by atoms with Crippen molar-refractivity contribution in [3.8, 4) is 5.75 Å². The van der Waals surface area contributed by atoms with E-state index in [1.165, 1.54) is 0 Å². The normalized spacial score (nSPS) is 13.5. The van der Waals surface area contributed by atoms with Crippen LogP contribution >= 0.6 is 0 Å². The van der Waals surface area contributed by atoms with Crippen LogP contribution in [0.25, 0.3) is 0 Å². The molecule has 2 N–H and O–H groups in total. The number of phenolic OH excluding ortho intramolecular Hbond substituents is 1. The van der Waals surface area contributed by atoms with Gasteiger partial charge in [-0.05, 0) is 12.1 Å². The molecule has 144 valence electrons. The number of halogens is 6. The van der Waals surface area contributed by atoms with Gasteiger partial charge in [0.15, 0.2) is 0 Å². The highest BCUT2D eigenvalue weighted by Crippen LogP contribution is 2.47. The Kier molecular flexibility index (Phi) is 5.93. The number of esters is 1. The number of carbonyl (C=O) groups is 1. The van der Waals surface area contributed by atoms with E-state index in [-0.39, 0.29) is 11.9 Å². The van der Waals surface area contributed by atoms with Crippen LogP contribution in [0, 0.1) is 0 Å². The predicted octanol–water partition coefficient (Wildman–Crippen LogP) is 1.97. The van der Waals surface area contributed by atoms with E-state index in [4.69, 9.17) is 12.4 Å². The zero-order valence-electron chi connectivity index (χ0n) is 12.4. The third-order valence-corrected chi connectivity index (χ3v) is 3.86. The number of aromatic hydroxyl groups is 1. The lowest BCUT2D eigenvalue weighted by atomic mass is 9.96. The number of ether oxygens (including phenoxy) is 1. The van der Waals surface area contributed by atoms with E-state index in [9.17, 15) is 44.7 Å². The molecular formula is C12H9BF6O6S. The molecule has 0 heterocycles. The van der Waals surface area contributed by atoms with Gasteiger partial charge >= 0.3 is 23.9 Å².